The van der Waals surface area contributed by atoms with Crippen molar-refractivity contribution in [3.8, 4) is 34.5 Å². The summed E-state index contributed by atoms with van der Waals surface area (Å²) in [5.74, 6) is 3.51. The number of ether oxygens (including phenoxy) is 6. The molecule has 0 N–H and O–H groups in total. The number of thioether (sulfide) groups is 1. The fraction of sp³-hybridized carbons (Fsp3) is 0.345. The van der Waals surface area contributed by atoms with Crippen LogP contribution in [-0.2, 0) is 0 Å². The molecule has 0 amide bonds. The van der Waals surface area contributed by atoms with Crippen molar-refractivity contribution < 1.29 is 33.2 Å². The van der Waals surface area contributed by atoms with E-state index < -0.39 is 0 Å². The van der Waals surface area contributed by atoms with E-state index in [-0.39, 0.29) is 10.4 Å². The van der Waals surface area contributed by atoms with Gasteiger partial charge in [0.2, 0.25) is 5.12 Å². The Morgan fingerprint density at radius 2 is 1.30 bits per heavy atom. The molecule has 0 aliphatic heterocycles. The Kier molecular flexibility index (Phi) is 9.58. The lowest BCUT2D eigenvalue weighted by atomic mass is 9.98. The second-order valence-corrected chi connectivity index (χ2v) is 9.58. The van der Waals surface area contributed by atoms with Crippen molar-refractivity contribution in [3.05, 3.63) is 59.2 Å². The van der Waals surface area contributed by atoms with Crippen molar-refractivity contribution in [2.45, 2.75) is 25.5 Å². The van der Waals surface area contributed by atoms with Crippen LogP contribution in [0.25, 0.3) is 10.8 Å². The van der Waals surface area contributed by atoms with Gasteiger partial charge >= 0.3 is 0 Å². The summed E-state index contributed by atoms with van der Waals surface area (Å²) < 4.78 is 33.8. The maximum Gasteiger partial charge on any atom is 0.220 e. The van der Waals surface area contributed by atoms with E-state index in [4.69, 9.17) is 28.4 Å². The smallest absolute Gasteiger partial charge is 0.220 e. The van der Waals surface area contributed by atoms with Crippen molar-refractivity contribution >= 4 is 27.6 Å². The van der Waals surface area contributed by atoms with Crippen LogP contribution < -0.4 is 28.4 Å². The summed E-state index contributed by atoms with van der Waals surface area (Å²) in [5, 5.41) is 1.08. The number of methoxy groups -OCH3 is 6. The fourth-order valence-electron chi connectivity index (χ4n) is 4.16. The van der Waals surface area contributed by atoms with Crippen molar-refractivity contribution in [1.29, 1.82) is 0 Å². The van der Waals surface area contributed by atoms with Crippen LogP contribution in [0.1, 0.15) is 41.4 Å². The average molecular weight is 527 g/mol. The zero-order valence-corrected chi connectivity index (χ0v) is 23.4. The van der Waals surface area contributed by atoms with Crippen LogP contribution in [0.15, 0.2) is 48.0 Å². The van der Waals surface area contributed by atoms with Gasteiger partial charge in [-0.05, 0) is 56.7 Å². The van der Waals surface area contributed by atoms with E-state index in [1.165, 1.54) is 11.8 Å². The van der Waals surface area contributed by atoms with E-state index >= 15 is 0 Å². The molecule has 7 nitrogen and oxygen atoms in total. The number of rotatable bonds is 11. The van der Waals surface area contributed by atoms with Gasteiger partial charge in [-0.2, -0.15) is 0 Å². The maximum atomic E-state index is 13.5. The first-order valence-corrected chi connectivity index (χ1v) is 12.6. The van der Waals surface area contributed by atoms with Gasteiger partial charge in [-0.15, -0.1) is 0 Å². The summed E-state index contributed by atoms with van der Waals surface area (Å²) >= 11 is 1.22. The molecule has 1 atom stereocenters. The summed E-state index contributed by atoms with van der Waals surface area (Å²) in [5.41, 5.74) is 2.47. The quantitative estimate of drug-likeness (QED) is 0.251. The van der Waals surface area contributed by atoms with Gasteiger partial charge in [0.25, 0.3) is 0 Å². The lowest BCUT2D eigenvalue weighted by Crippen LogP contribution is -2.05. The van der Waals surface area contributed by atoms with Gasteiger partial charge in [0.15, 0.2) is 11.5 Å². The zero-order chi connectivity index (χ0) is 27.1. The summed E-state index contributed by atoms with van der Waals surface area (Å²) in [4.78, 5) is 13.5. The van der Waals surface area contributed by atoms with E-state index in [1.54, 1.807) is 60.9 Å². The van der Waals surface area contributed by atoms with Crippen molar-refractivity contribution in [2.75, 3.05) is 42.7 Å². The Labute approximate surface area is 222 Å². The number of benzene rings is 3. The van der Waals surface area contributed by atoms with Crippen LogP contribution in [-0.4, -0.2) is 47.8 Å². The van der Waals surface area contributed by atoms with Gasteiger partial charge in [-0.1, -0.05) is 23.4 Å². The maximum absolute atomic E-state index is 13.5. The molecule has 0 bridgehead atoms. The van der Waals surface area contributed by atoms with Crippen LogP contribution in [0.2, 0.25) is 0 Å². The molecule has 0 aromatic heterocycles. The lowest BCUT2D eigenvalue weighted by molar-refractivity contribution is 0.108. The summed E-state index contributed by atoms with van der Waals surface area (Å²) in [6.07, 6.45) is 2.71. The van der Waals surface area contributed by atoms with E-state index in [0.29, 0.717) is 46.5 Å². The van der Waals surface area contributed by atoms with E-state index in [2.05, 4.69) is 6.08 Å². The topological polar surface area (TPSA) is 72.5 Å². The monoisotopic (exact) mass is 526 g/mol. The van der Waals surface area contributed by atoms with E-state index in [0.717, 1.165) is 21.9 Å². The van der Waals surface area contributed by atoms with Crippen LogP contribution in [0.4, 0.5) is 0 Å². The summed E-state index contributed by atoms with van der Waals surface area (Å²) in [6, 6.07) is 10.7. The van der Waals surface area contributed by atoms with Gasteiger partial charge < -0.3 is 28.4 Å². The Morgan fingerprint density at radius 1 is 0.730 bits per heavy atom. The molecule has 1 unspecified atom stereocenters. The van der Waals surface area contributed by atoms with Crippen molar-refractivity contribution in [2.24, 2.45) is 0 Å². The molecule has 0 saturated carbocycles. The number of hydrogen-bond acceptors (Lipinski definition) is 8. The Bertz CT molecular complexity index is 1300. The average Bonchev–Trinajstić information content (AvgIpc) is 2.92. The fourth-order valence-corrected chi connectivity index (χ4v) is 5.18. The second kappa shape index (κ2) is 12.6. The molecule has 0 aliphatic rings. The number of allylic oxidation sites excluding steroid dienone is 2. The highest BCUT2D eigenvalue weighted by molar-refractivity contribution is 8.14. The van der Waals surface area contributed by atoms with Crippen LogP contribution in [0, 0.1) is 0 Å². The Morgan fingerprint density at radius 3 is 1.84 bits per heavy atom. The minimum absolute atomic E-state index is 0.105. The minimum atomic E-state index is -0.278. The standard InChI is InChI=1S/C29H34O7S/c1-17(2)9-14-25(37-29(30)18-10-11-20(31-3)23(15-18)34-6)19-16-24(35-7)26-21(32-4)12-13-22(33-5)27(26)28(19)36-8/h9-13,15-16,25H,14H2,1-8H3. The highest BCUT2D eigenvalue weighted by Crippen LogP contribution is 2.51. The van der Waals surface area contributed by atoms with Gasteiger partial charge in [0.1, 0.15) is 23.0 Å². The highest BCUT2D eigenvalue weighted by atomic mass is 32.2. The number of fused-ring (bicyclic) bond motifs is 1. The van der Waals surface area contributed by atoms with Crippen LogP contribution in [0.5, 0.6) is 34.5 Å². The normalized spacial score (nSPS) is 11.5. The van der Waals surface area contributed by atoms with Gasteiger partial charge in [-0.3, -0.25) is 4.79 Å². The third-order valence-electron chi connectivity index (χ3n) is 5.97. The molecule has 3 aromatic carbocycles. The first-order valence-electron chi connectivity index (χ1n) is 11.7. The molecule has 0 saturated heterocycles. The Hall–Kier alpha value is -3.52. The third kappa shape index (κ3) is 5.91. The van der Waals surface area contributed by atoms with Gasteiger partial charge in [0.05, 0.1) is 53.4 Å². The largest absolute Gasteiger partial charge is 0.496 e. The number of hydrogen-bond donors (Lipinski definition) is 0. The first kappa shape index (κ1) is 28.1. The van der Waals surface area contributed by atoms with E-state index in [1.807, 2.05) is 32.0 Å². The molecule has 3 aromatic rings. The molecular weight excluding hydrogens is 492 g/mol. The summed E-state index contributed by atoms with van der Waals surface area (Å²) in [7, 11) is 9.54. The predicted octanol–water partition coefficient (Wildman–Crippen LogP) is 6.86. The van der Waals surface area contributed by atoms with Crippen LogP contribution >= 0.6 is 11.8 Å². The first-order chi connectivity index (χ1) is 17.8. The zero-order valence-electron chi connectivity index (χ0n) is 22.6. The molecule has 0 aliphatic carbocycles. The van der Waals surface area contributed by atoms with Crippen LogP contribution in [0.3, 0.4) is 0 Å². The molecule has 198 valence electrons. The van der Waals surface area contributed by atoms with E-state index in [9.17, 15) is 4.79 Å². The molecule has 8 heteroatoms. The van der Waals surface area contributed by atoms with Crippen molar-refractivity contribution in [1.82, 2.24) is 0 Å². The molecule has 0 spiro atoms. The predicted molar refractivity (Wildman–Crippen MR) is 148 cm³/mol. The third-order valence-corrected chi connectivity index (χ3v) is 7.15. The highest BCUT2D eigenvalue weighted by Gasteiger charge is 2.27. The molecule has 37 heavy (non-hydrogen) atoms. The summed E-state index contributed by atoms with van der Waals surface area (Å²) in [6.45, 7) is 4.06. The molecule has 0 fully saturated rings. The lowest BCUT2D eigenvalue weighted by Gasteiger charge is -2.23. The molecule has 0 heterocycles. The van der Waals surface area contributed by atoms with Gasteiger partial charge in [0, 0.05) is 16.4 Å². The molecule has 3 rings (SSSR count). The number of carbonyl (C=O) groups is 1. The molecule has 0 radical (unpaired) electrons. The van der Waals surface area contributed by atoms with Crippen molar-refractivity contribution in [3.63, 3.8) is 0 Å². The van der Waals surface area contributed by atoms with Gasteiger partial charge in [-0.25, -0.2) is 0 Å². The molecular formula is C29H34O7S. The SMILES string of the molecule is COc1ccc(C(=O)SC(CC=C(C)C)c2cc(OC)c3c(OC)ccc(OC)c3c2OC)cc1OC. The Balaban J connectivity index is 2.21. The number of carbonyl (C=O) groups excluding carboxylic acids is 1. The minimum Gasteiger partial charge on any atom is -0.496 e. The second-order valence-electron chi connectivity index (χ2n) is 8.40.